The van der Waals surface area contributed by atoms with Gasteiger partial charge in [0.25, 0.3) is 0 Å². The Kier molecular flexibility index (Phi) is 5.10. The maximum absolute atomic E-state index is 12.8. The van der Waals surface area contributed by atoms with Gasteiger partial charge in [-0.15, -0.1) is 0 Å². The molecule has 0 aliphatic carbocycles. The molecule has 1 amide bonds. The Hall–Kier alpha value is -2.11. The van der Waals surface area contributed by atoms with Crippen molar-refractivity contribution in [3.63, 3.8) is 0 Å². The molecule has 1 N–H and O–H groups in total. The van der Waals surface area contributed by atoms with Crippen LogP contribution in [0.15, 0.2) is 53.1 Å². The van der Waals surface area contributed by atoms with Gasteiger partial charge in [-0.2, -0.15) is 0 Å². The molecule has 1 fully saturated rings. The Balaban J connectivity index is 1.73. The lowest BCUT2D eigenvalue weighted by atomic mass is 10.1. The lowest BCUT2D eigenvalue weighted by Gasteiger charge is -2.31. The molecule has 2 heterocycles. The Morgan fingerprint density at radius 2 is 2.09 bits per heavy atom. The second-order valence-electron chi connectivity index (χ2n) is 5.93. The second kappa shape index (κ2) is 7.44. The molecule has 1 saturated heterocycles. The number of rotatable bonds is 5. The highest BCUT2D eigenvalue weighted by Crippen LogP contribution is 2.18. The topological polar surface area (TPSA) is 56.9 Å². The number of aliphatic hydroxyl groups is 1. The second-order valence-corrected chi connectivity index (χ2v) is 5.93. The molecule has 2 aromatic rings. The molecule has 0 spiro atoms. The first-order valence-corrected chi connectivity index (χ1v) is 8.00. The number of furan rings is 1. The number of anilines is 1. The smallest absolute Gasteiger partial charge is 0.241 e. The molecule has 1 aromatic carbocycles. The number of amides is 1. The van der Waals surface area contributed by atoms with Crippen LogP contribution in [-0.4, -0.2) is 41.7 Å². The van der Waals surface area contributed by atoms with Gasteiger partial charge in [-0.3, -0.25) is 9.69 Å². The highest BCUT2D eigenvalue weighted by atomic mass is 16.3. The van der Waals surface area contributed by atoms with E-state index in [0.717, 1.165) is 30.8 Å². The average Bonchev–Trinajstić information content (AvgIpc) is 3.06. The quantitative estimate of drug-likeness (QED) is 0.920. The fourth-order valence-corrected chi connectivity index (χ4v) is 2.94. The summed E-state index contributed by atoms with van der Waals surface area (Å²) in [5.41, 5.74) is 0.853. The summed E-state index contributed by atoms with van der Waals surface area (Å²) < 4.78 is 5.40. The van der Waals surface area contributed by atoms with E-state index >= 15 is 0 Å². The van der Waals surface area contributed by atoms with Crippen LogP contribution in [0.25, 0.3) is 0 Å². The molecule has 23 heavy (non-hydrogen) atoms. The Morgan fingerprint density at radius 1 is 1.26 bits per heavy atom. The Bertz CT molecular complexity index is 612. The highest BCUT2D eigenvalue weighted by molar-refractivity contribution is 5.94. The zero-order valence-electron chi connectivity index (χ0n) is 13.1. The van der Waals surface area contributed by atoms with E-state index in [1.165, 1.54) is 0 Å². The summed E-state index contributed by atoms with van der Waals surface area (Å²) >= 11 is 0. The van der Waals surface area contributed by atoms with Crippen LogP contribution in [0.3, 0.4) is 0 Å². The van der Waals surface area contributed by atoms with Crippen LogP contribution in [0.5, 0.6) is 0 Å². The number of nitrogens with zero attached hydrogens (tertiary/aromatic N) is 2. The number of β-amino-alcohol motifs (C(OH)–C–C–N with tert-alkyl or cyclic N) is 1. The highest BCUT2D eigenvalue weighted by Gasteiger charge is 2.23. The van der Waals surface area contributed by atoms with Gasteiger partial charge in [0.05, 0.1) is 25.5 Å². The average molecular weight is 314 g/mol. The minimum Gasteiger partial charge on any atom is -0.467 e. The van der Waals surface area contributed by atoms with E-state index in [1.807, 2.05) is 47.4 Å². The molecule has 1 unspecified atom stereocenters. The maximum atomic E-state index is 12.8. The molecular formula is C18H22N2O3. The van der Waals surface area contributed by atoms with Gasteiger partial charge in [0.15, 0.2) is 0 Å². The first-order chi connectivity index (χ1) is 11.2. The number of piperidine rings is 1. The molecule has 3 rings (SSSR count). The summed E-state index contributed by atoms with van der Waals surface area (Å²) in [6.07, 6.45) is 3.04. The summed E-state index contributed by atoms with van der Waals surface area (Å²) in [6.45, 7) is 2.14. The number of hydrogen-bond acceptors (Lipinski definition) is 4. The van der Waals surface area contributed by atoms with Crippen molar-refractivity contribution >= 4 is 11.6 Å². The van der Waals surface area contributed by atoms with Crippen LogP contribution in [0.1, 0.15) is 18.6 Å². The third-order valence-electron chi connectivity index (χ3n) is 4.10. The molecule has 1 atom stereocenters. The van der Waals surface area contributed by atoms with Crippen molar-refractivity contribution in [3.05, 3.63) is 54.5 Å². The predicted octanol–water partition coefficient (Wildman–Crippen LogP) is 2.27. The predicted molar refractivity (Wildman–Crippen MR) is 88.0 cm³/mol. The molecule has 0 radical (unpaired) electrons. The molecular weight excluding hydrogens is 292 g/mol. The zero-order valence-corrected chi connectivity index (χ0v) is 13.1. The molecule has 1 aromatic heterocycles. The van der Waals surface area contributed by atoms with Crippen molar-refractivity contribution in [1.29, 1.82) is 0 Å². The van der Waals surface area contributed by atoms with Gasteiger partial charge in [0, 0.05) is 12.2 Å². The van der Waals surface area contributed by atoms with Crippen LogP contribution >= 0.6 is 0 Å². The molecule has 0 saturated carbocycles. The van der Waals surface area contributed by atoms with Gasteiger partial charge in [-0.05, 0) is 43.7 Å². The number of carbonyl (C=O) groups is 1. The summed E-state index contributed by atoms with van der Waals surface area (Å²) in [7, 11) is 0. The van der Waals surface area contributed by atoms with Crippen molar-refractivity contribution in [1.82, 2.24) is 4.90 Å². The van der Waals surface area contributed by atoms with Crippen molar-refractivity contribution in [2.75, 3.05) is 24.5 Å². The largest absolute Gasteiger partial charge is 0.467 e. The van der Waals surface area contributed by atoms with Gasteiger partial charge in [-0.1, -0.05) is 18.2 Å². The van der Waals surface area contributed by atoms with Crippen molar-refractivity contribution < 1.29 is 14.3 Å². The fraction of sp³-hybridized carbons (Fsp3) is 0.389. The van der Waals surface area contributed by atoms with E-state index in [2.05, 4.69) is 0 Å². The van der Waals surface area contributed by atoms with Gasteiger partial charge >= 0.3 is 0 Å². The molecule has 1 aliphatic rings. The lowest BCUT2D eigenvalue weighted by molar-refractivity contribution is -0.120. The number of para-hydroxylation sites is 1. The van der Waals surface area contributed by atoms with Crippen LogP contribution in [-0.2, 0) is 11.3 Å². The first-order valence-electron chi connectivity index (χ1n) is 8.00. The molecule has 5 heteroatoms. The van der Waals surface area contributed by atoms with E-state index in [1.54, 1.807) is 11.2 Å². The standard InChI is InChI=1S/C18H22N2O3/c21-16-8-4-10-19(12-16)14-18(22)20(13-17-9-5-11-23-17)15-6-2-1-3-7-15/h1-3,5-7,9,11,16,21H,4,8,10,12-14H2. The fourth-order valence-electron chi connectivity index (χ4n) is 2.94. The van der Waals surface area contributed by atoms with E-state index in [9.17, 15) is 9.90 Å². The minimum atomic E-state index is -0.327. The lowest BCUT2D eigenvalue weighted by Crippen LogP contribution is -2.45. The van der Waals surface area contributed by atoms with Crippen molar-refractivity contribution in [2.24, 2.45) is 0 Å². The molecule has 5 nitrogen and oxygen atoms in total. The molecule has 122 valence electrons. The van der Waals surface area contributed by atoms with Gasteiger partial charge in [0.2, 0.25) is 5.91 Å². The van der Waals surface area contributed by atoms with E-state index in [0.29, 0.717) is 19.6 Å². The zero-order chi connectivity index (χ0) is 16.1. The summed E-state index contributed by atoms with van der Waals surface area (Å²) in [4.78, 5) is 16.6. The van der Waals surface area contributed by atoms with Gasteiger partial charge in [0.1, 0.15) is 5.76 Å². The van der Waals surface area contributed by atoms with Crippen molar-refractivity contribution in [2.45, 2.75) is 25.5 Å². The first kappa shape index (κ1) is 15.8. The van der Waals surface area contributed by atoms with E-state index in [4.69, 9.17) is 4.42 Å². The Labute approximate surface area is 136 Å². The monoisotopic (exact) mass is 314 g/mol. The summed E-state index contributed by atoms with van der Waals surface area (Å²) in [5, 5.41) is 9.77. The summed E-state index contributed by atoms with van der Waals surface area (Å²) in [5.74, 6) is 0.766. The van der Waals surface area contributed by atoms with E-state index in [-0.39, 0.29) is 12.0 Å². The van der Waals surface area contributed by atoms with Crippen LogP contribution in [0.2, 0.25) is 0 Å². The third kappa shape index (κ3) is 4.21. The minimum absolute atomic E-state index is 0.0155. The number of aliphatic hydroxyl groups excluding tert-OH is 1. The number of hydrogen-bond donors (Lipinski definition) is 1. The Morgan fingerprint density at radius 3 is 2.78 bits per heavy atom. The van der Waals surface area contributed by atoms with Crippen LogP contribution < -0.4 is 4.90 Å². The van der Waals surface area contributed by atoms with Crippen LogP contribution in [0.4, 0.5) is 5.69 Å². The maximum Gasteiger partial charge on any atom is 0.241 e. The van der Waals surface area contributed by atoms with Crippen molar-refractivity contribution in [3.8, 4) is 0 Å². The van der Waals surface area contributed by atoms with Gasteiger partial charge < -0.3 is 14.4 Å². The normalized spacial score (nSPS) is 18.7. The number of carbonyl (C=O) groups excluding carboxylic acids is 1. The number of likely N-dealkylation sites (tertiary alicyclic amines) is 1. The SMILES string of the molecule is O=C(CN1CCCC(O)C1)N(Cc1ccco1)c1ccccc1. The van der Waals surface area contributed by atoms with E-state index < -0.39 is 0 Å². The van der Waals surface area contributed by atoms with Crippen LogP contribution in [0, 0.1) is 0 Å². The van der Waals surface area contributed by atoms with Gasteiger partial charge in [-0.25, -0.2) is 0 Å². The number of benzene rings is 1. The third-order valence-corrected chi connectivity index (χ3v) is 4.10. The molecule has 0 bridgehead atoms. The molecule has 1 aliphatic heterocycles. The summed E-state index contributed by atoms with van der Waals surface area (Å²) in [6, 6.07) is 13.3.